The van der Waals surface area contributed by atoms with Gasteiger partial charge in [-0.1, -0.05) is 0 Å². The van der Waals surface area contributed by atoms with Gasteiger partial charge in [0.05, 0.1) is 5.52 Å². The molecule has 2 aromatic rings. The number of carbonyl (C=O) groups is 1. The Hall–Kier alpha value is -1.97. The first-order valence-corrected chi connectivity index (χ1v) is 4.74. The average Bonchev–Trinajstić information content (AvgIpc) is 2.68. The molecule has 0 radical (unpaired) electrons. The summed E-state index contributed by atoms with van der Waals surface area (Å²) in [6, 6.07) is 3.70. The predicted molar refractivity (Wildman–Crippen MR) is 54.7 cm³/mol. The molecule has 0 amide bonds. The molecule has 0 bridgehead atoms. The van der Waals surface area contributed by atoms with Crippen LogP contribution in [0.15, 0.2) is 18.3 Å². The second kappa shape index (κ2) is 3.02. The van der Waals surface area contributed by atoms with Gasteiger partial charge in [0.1, 0.15) is 13.2 Å². The van der Waals surface area contributed by atoms with E-state index in [0.29, 0.717) is 24.5 Å². The molecule has 0 fully saturated rings. The number of benzene rings is 1. The lowest BCUT2D eigenvalue weighted by Crippen LogP contribution is -2.15. The van der Waals surface area contributed by atoms with E-state index in [2.05, 4.69) is 4.98 Å². The van der Waals surface area contributed by atoms with Crippen molar-refractivity contribution in [3.05, 3.63) is 23.9 Å². The van der Waals surface area contributed by atoms with Crippen LogP contribution in [0.25, 0.3) is 10.9 Å². The Balaban J connectivity index is 2.28. The zero-order valence-corrected chi connectivity index (χ0v) is 7.95. The fraction of sp³-hybridized carbons (Fsp3) is 0.182. The van der Waals surface area contributed by atoms with Crippen LogP contribution in [-0.4, -0.2) is 24.5 Å². The van der Waals surface area contributed by atoms with E-state index >= 15 is 0 Å². The normalized spacial score (nSPS) is 14.1. The van der Waals surface area contributed by atoms with Gasteiger partial charge in [0.2, 0.25) is 0 Å². The zero-order valence-electron chi connectivity index (χ0n) is 7.95. The van der Waals surface area contributed by atoms with Gasteiger partial charge in [0.15, 0.2) is 17.8 Å². The predicted octanol–water partition coefficient (Wildman–Crippen LogP) is 1.75. The number of aldehydes is 1. The largest absolute Gasteiger partial charge is 0.486 e. The van der Waals surface area contributed by atoms with Crippen LogP contribution in [0.4, 0.5) is 0 Å². The minimum absolute atomic E-state index is 0.555. The molecule has 0 saturated heterocycles. The summed E-state index contributed by atoms with van der Waals surface area (Å²) in [6.07, 6.45) is 2.51. The zero-order chi connectivity index (χ0) is 10.3. The Morgan fingerprint density at radius 2 is 1.93 bits per heavy atom. The summed E-state index contributed by atoms with van der Waals surface area (Å²) < 4.78 is 10.9. The number of aromatic nitrogens is 1. The summed E-state index contributed by atoms with van der Waals surface area (Å²) in [5, 5.41) is 0.870. The van der Waals surface area contributed by atoms with E-state index < -0.39 is 0 Å². The molecule has 1 aliphatic rings. The molecule has 0 aliphatic carbocycles. The van der Waals surface area contributed by atoms with Gasteiger partial charge in [0, 0.05) is 23.2 Å². The molecule has 0 spiro atoms. The van der Waals surface area contributed by atoms with Gasteiger partial charge < -0.3 is 14.5 Å². The number of fused-ring (bicyclic) bond motifs is 2. The maximum Gasteiger partial charge on any atom is 0.163 e. The topological polar surface area (TPSA) is 51.3 Å². The van der Waals surface area contributed by atoms with Crippen LogP contribution in [0.5, 0.6) is 11.5 Å². The van der Waals surface area contributed by atoms with E-state index in [1.807, 2.05) is 12.1 Å². The lowest BCUT2D eigenvalue weighted by Gasteiger charge is -2.18. The minimum Gasteiger partial charge on any atom is -0.486 e. The molecule has 2 heterocycles. The molecule has 1 aromatic carbocycles. The van der Waals surface area contributed by atoms with Crippen molar-refractivity contribution in [3.8, 4) is 11.5 Å². The molecule has 76 valence electrons. The summed E-state index contributed by atoms with van der Waals surface area (Å²) in [5.41, 5.74) is 1.53. The molecule has 0 atom stereocenters. The number of carbonyl (C=O) groups excluding carboxylic acids is 1. The van der Waals surface area contributed by atoms with E-state index in [4.69, 9.17) is 9.47 Å². The Kier molecular flexibility index (Phi) is 1.68. The lowest BCUT2D eigenvalue weighted by molar-refractivity contribution is 0.112. The molecule has 0 saturated carbocycles. The molecule has 3 rings (SSSR count). The van der Waals surface area contributed by atoms with Crippen LogP contribution in [0.2, 0.25) is 0 Å². The van der Waals surface area contributed by atoms with Crippen LogP contribution in [0, 0.1) is 0 Å². The quantitative estimate of drug-likeness (QED) is 0.718. The highest BCUT2D eigenvalue weighted by atomic mass is 16.6. The fourth-order valence-corrected chi connectivity index (χ4v) is 1.78. The highest BCUT2D eigenvalue weighted by molar-refractivity contribution is 5.98. The van der Waals surface area contributed by atoms with Crippen molar-refractivity contribution in [2.24, 2.45) is 0 Å². The molecule has 15 heavy (non-hydrogen) atoms. The van der Waals surface area contributed by atoms with Crippen molar-refractivity contribution in [1.82, 2.24) is 4.98 Å². The fourth-order valence-electron chi connectivity index (χ4n) is 1.78. The van der Waals surface area contributed by atoms with Gasteiger partial charge in [-0.25, -0.2) is 0 Å². The first kappa shape index (κ1) is 8.35. The second-order valence-electron chi connectivity index (χ2n) is 3.40. The second-order valence-corrected chi connectivity index (χ2v) is 3.40. The maximum atomic E-state index is 10.8. The van der Waals surface area contributed by atoms with Gasteiger partial charge in [-0.3, -0.25) is 4.79 Å². The Labute approximate surface area is 85.8 Å². The molecule has 1 N–H and O–H groups in total. The number of rotatable bonds is 1. The van der Waals surface area contributed by atoms with E-state index in [0.717, 1.165) is 22.9 Å². The molecule has 1 aliphatic heterocycles. The van der Waals surface area contributed by atoms with Gasteiger partial charge in [-0.05, 0) is 6.07 Å². The number of H-pyrrole nitrogens is 1. The Morgan fingerprint density at radius 3 is 2.67 bits per heavy atom. The van der Waals surface area contributed by atoms with E-state index in [1.54, 1.807) is 6.20 Å². The van der Waals surface area contributed by atoms with Crippen LogP contribution in [-0.2, 0) is 0 Å². The molecule has 4 nitrogen and oxygen atoms in total. The average molecular weight is 203 g/mol. The third-order valence-electron chi connectivity index (χ3n) is 2.50. The van der Waals surface area contributed by atoms with Crippen molar-refractivity contribution >= 4 is 17.2 Å². The van der Waals surface area contributed by atoms with Crippen molar-refractivity contribution in [2.75, 3.05) is 13.2 Å². The van der Waals surface area contributed by atoms with Crippen LogP contribution in [0.1, 0.15) is 10.4 Å². The van der Waals surface area contributed by atoms with Crippen LogP contribution >= 0.6 is 0 Å². The van der Waals surface area contributed by atoms with Crippen molar-refractivity contribution in [1.29, 1.82) is 0 Å². The lowest BCUT2D eigenvalue weighted by atomic mass is 10.1. The Morgan fingerprint density at radius 1 is 1.20 bits per heavy atom. The highest BCUT2D eigenvalue weighted by Gasteiger charge is 2.14. The van der Waals surface area contributed by atoms with Crippen LogP contribution in [0.3, 0.4) is 0 Å². The Bertz CT molecular complexity index is 530. The third-order valence-corrected chi connectivity index (χ3v) is 2.50. The SMILES string of the molecule is O=Cc1c[nH]c2cc3c(cc12)OCCO3. The summed E-state index contributed by atoms with van der Waals surface area (Å²) in [6.45, 7) is 1.12. The standard InChI is InChI=1S/C11H9NO3/c13-6-7-5-12-9-4-11-10(3-8(7)9)14-1-2-15-11/h3-6,12H,1-2H2. The van der Waals surface area contributed by atoms with E-state index in [1.165, 1.54) is 0 Å². The van der Waals surface area contributed by atoms with Crippen molar-refractivity contribution in [2.45, 2.75) is 0 Å². The smallest absolute Gasteiger partial charge is 0.163 e. The van der Waals surface area contributed by atoms with Crippen molar-refractivity contribution < 1.29 is 14.3 Å². The van der Waals surface area contributed by atoms with Crippen molar-refractivity contribution in [3.63, 3.8) is 0 Å². The van der Waals surface area contributed by atoms with E-state index in [-0.39, 0.29) is 0 Å². The first-order valence-electron chi connectivity index (χ1n) is 4.74. The third kappa shape index (κ3) is 1.18. The number of aromatic amines is 1. The highest BCUT2D eigenvalue weighted by Crippen LogP contribution is 2.34. The number of ether oxygens (including phenoxy) is 2. The monoisotopic (exact) mass is 203 g/mol. The summed E-state index contributed by atoms with van der Waals surface area (Å²) in [7, 11) is 0. The molecule has 0 unspecified atom stereocenters. The maximum absolute atomic E-state index is 10.8. The summed E-state index contributed by atoms with van der Waals surface area (Å²) >= 11 is 0. The van der Waals surface area contributed by atoms with Gasteiger partial charge in [-0.2, -0.15) is 0 Å². The number of hydrogen-bond donors (Lipinski definition) is 1. The minimum atomic E-state index is 0.555. The van der Waals surface area contributed by atoms with Crippen LogP contribution < -0.4 is 9.47 Å². The first-order chi connectivity index (χ1) is 7.38. The van der Waals surface area contributed by atoms with Gasteiger partial charge in [-0.15, -0.1) is 0 Å². The summed E-state index contributed by atoms with van der Waals surface area (Å²) in [4.78, 5) is 13.8. The molecular weight excluding hydrogens is 194 g/mol. The molecule has 4 heteroatoms. The number of nitrogens with one attached hydrogen (secondary N) is 1. The van der Waals surface area contributed by atoms with Gasteiger partial charge in [0.25, 0.3) is 0 Å². The number of hydrogen-bond acceptors (Lipinski definition) is 3. The molecule has 1 aromatic heterocycles. The summed E-state index contributed by atoms with van der Waals surface area (Å²) in [5.74, 6) is 1.43. The van der Waals surface area contributed by atoms with E-state index in [9.17, 15) is 4.79 Å². The van der Waals surface area contributed by atoms with Gasteiger partial charge >= 0.3 is 0 Å². The molecular formula is C11H9NO3.